The van der Waals surface area contributed by atoms with E-state index in [2.05, 4.69) is 4.98 Å². The Morgan fingerprint density at radius 1 is 1.10 bits per heavy atom. The number of aromatic nitrogens is 1. The van der Waals surface area contributed by atoms with Crippen LogP contribution in [0.2, 0.25) is 0 Å². The number of thioether (sulfide) groups is 1. The molecule has 0 saturated heterocycles. The molecule has 1 aliphatic heterocycles. The van der Waals surface area contributed by atoms with E-state index in [0.717, 1.165) is 22.9 Å². The van der Waals surface area contributed by atoms with E-state index in [0.29, 0.717) is 23.3 Å². The van der Waals surface area contributed by atoms with E-state index < -0.39 is 27.1 Å². The number of aliphatic hydroxyl groups excluding tert-OH is 1. The second kappa shape index (κ2) is 12.0. The fraction of sp³-hybridized carbons (Fsp3) is 0.375. The highest BCUT2D eigenvalue weighted by Gasteiger charge is 2.44. The molecule has 0 bridgehead atoms. The van der Waals surface area contributed by atoms with Crippen molar-refractivity contribution in [3.8, 4) is 11.5 Å². The zero-order chi connectivity index (χ0) is 30.9. The Hall–Kier alpha value is -3.50. The topological polar surface area (TPSA) is 123 Å². The number of carbonyl (C=O) groups excluding carboxylic acids is 1. The molecule has 8 nitrogen and oxygen atoms in total. The summed E-state index contributed by atoms with van der Waals surface area (Å²) in [7, 11) is -4.16. The van der Waals surface area contributed by atoms with Gasteiger partial charge >= 0.3 is 16.1 Å². The van der Waals surface area contributed by atoms with E-state index in [9.17, 15) is 23.4 Å². The average Bonchev–Trinajstić information content (AvgIpc) is 2.91. The van der Waals surface area contributed by atoms with E-state index in [4.69, 9.17) is 8.92 Å². The average molecular weight is 612 g/mol. The van der Waals surface area contributed by atoms with Crippen LogP contribution in [0.3, 0.4) is 0 Å². The Kier molecular flexibility index (Phi) is 8.99. The maximum absolute atomic E-state index is 13.4. The highest BCUT2D eigenvalue weighted by molar-refractivity contribution is 8.04. The fourth-order valence-electron chi connectivity index (χ4n) is 4.81. The summed E-state index contributed by atoms with van der Waals surface area (Å²) in [6, 6.07) is 14.9. The number of carbonyl (C=O) groups is 1. The van der Waals surface area contributed by atoms with Crippen molar-refractivity contribution in [1.82, 2.24) is 4.98 Å². The van der Waals surface area contributed by atoms with Gasteiger partial charge in [-0.3, -0.25) is 0 Å². The molecular weight excluding hydrogens is 574 g/mol. The van der Waals surface area contributed by atoms with Gasteiger partial charge in [0.25, 0.3) is 0 Å². The van der Waals surface area contributed by atoms with Gasteiger partial charge in [-0.05, 0) is 84.2 Å². The largest absolute Gasteiger partial charge is 0.511 e. The number of phenols is 1. The molecule has 224 valence electrons. The van der Waals surface area contributed by atoms with Crippen molar-refractivity contribution in [2.45, 2.75) is 81.7 Å². The lowest BCUT2D eigenvalue weighted by molar-refractivity contribution is -0.164. The molecule has 1 unspecified atom stereocenters. The summed E-state index contributed by atoms with van der Waals surface area (Å²) in [6.45, 7) is 11.6. The standard InChI is InChI=1S/C32H37NO7S2/c1-20(2)32(15-14-22-10-12-23(34)13-11-22)19-25(35)29(30(36)39-32)41-27-17-21(3)26(18-24(27)31(4,5)6)40-42(37,38)28-9-7-8-16-33-28/h7-13,16-18,20,34-35H,14-15,19H2,1-6H3. The van der Waals surface area contributed by atoms with Crippen molar-refractivity contribution < 1.29 is 32.3 Å². The smallest absolute Gasteiger partial charge is 0.356 e. The summed E-state index contributed by atoms with van der Waals surface area (Å²) in [5, 5.41) is 20.6. The van der Waals surface area contributed by atoms with E-state index >= 15 is 0 Å². The molecule has 0 fully saturated rings. The molecule has 2 aromatic carbocycles. The molecule has 0 amide bonds. The van der Waals surface area contributed by atoms with E-state index in [1.807, 2.05) is 46.8 Å². The quantitative estimate of drug-likeness (QED) is 0.194. The first-order valence-electron chi connectivity index (χ1n) is 13.7. The van der Waals surface area contributed by atoms with Crippen molar-refractivity contribution in [3.05, 3.63) is 88.1 Å². The molecule has 2 N–H and O–H groups in total. The Morgan fingerprint density at radius 3 is 2.36 bits per heavy atom. The number of aliphatic hydroxyl groups is 1. The number of hydrogen-bond donors (Lipinski definition) is 2. The monoisotopic (exact) mass is 611 g/mol. The predicted molar refractivity (Wildman–Crippen MR) is 162 cm³/mol. The lowest BCUT2D eigenvalue weighted by Crippen LogP contribution is -2.44. The third-order valence-electron chi connectivity index (χ3n) is 7.43. The maximum Gasteiger partial charge on any atom is 0.356 e. The highest BCUT2D eigenvalue weighted by atomic mass is 32.2. The van der Waals surface area contributed by atoms with Crippen LogP contribution in [0.5, 0.6) is 11.5 Å². The molecule has 2 heterocycles. The van der Waals surface area contributed by atoms with Crippen LogP contribution in [0.25, 0.3) is 0 Å². The van der Waals surface area contributed by atoms with Gasteiger partial charge in [0.2, 0.25) is 0 Å². The molecule has 0 aliphatic carbocycles. The number of aromatic hydroxyl groups is 1. The summed E-state index contributed by atoms with van der Waals surface area (Å²) in [4.78, 5) is 18.1. The van der Waals surface area contributed by atoms with Crippen LogP contribution in [0.4, 0.5) is 0 Å². The van der Waals surface area contributed by atoms with Crippen LogP contribution in [0, 0.1) is 12.8 Å². The maximum atomic E-state index is 13.4. The van der Waals surface area contributed by atoms with Gasteiger partial charge in [-0.2, -0.15) is 8.42 Å². The fourth-order valence-corrected chi connectivity index (χ4v) is 6.99. The Balaban J connectivity index is 1.64. The van der Waals surface area contributed by atoms with Crippen molar-refractivity contribution in [1.29, 1.82) is 0 Å². The van der Waals surface area contributed by atoms with Crippen LogP contribution >= 0.6 is 11.8 Å². The molecule has 4 rings (SSSR count). The first-order valence-corrected chi connectivity index (χ1v) is 16.0. The second-order valence-electron chi connectivity index (χ2n) is 11.9. The molecule has 0 spiro atoms. The Morgan fingerprint density at radius 2 is 1.79 bits per heavy atom. The van der Waals surface area contributed by atoms with Gasteiger partial charge < -0.3 is 19.1 Å². The molecule has 10 heteroatoms. The molecule has 1 aliphatic rings. The second-order valence-corrected chi connectivity index (χ2v) is 14.4. The minimum absolute atomic E-state index is 0.0359. The molecule has 1 aromatic heterocycles. The molecule has 1 atom stereocenters. The third kappa shape index (κ3) is 6.93. The highest BCUT2D eigenvalue weighted by Crippen LogP contribution is 2.46. The van der Waals surface area contributed by atoms with Gasteiger partial charge in [0.15, 0.2) is 5.03 Å². The van der Waals surface area contributed by atoms with Gasteiger partial charge in [0.1, 0.15) is 27.8 Å². The van der Waals surface area contributed by atoms with Gasteiger partial charge in [0.05, 0.1) is 0 Å². The number of phenolic OH excluding ortho intramolecular Hbond substituents is 1. The van der Waals surface area contributed by atoms with Crippen LogP contribution in [0.15, 0.2) is 81.4 Å². The van der Waals surface area contributed by atoms with Gasteiger partial charge in [-0.15, -0.1) is 0 Å². The number of rotatable bonds is 9. The first-order chi connectivity index (χ1) is 19.6. The summed E-state index contributed by atoms with van der Waals surface area (Å²) < 4.78 is 37.3. The minimum Gasteiger partial charge on any atom is -0.511 e. The molecule has 0 radical (unpaired) electrons. The number of cyclic esters (lactones) is 1. The number of aryl methyl sites for hydroxylation is 2. The molecule has 42 heavy (non-hydrogen) atoms. The first kappa shape index (κ1) is 31.4. The number of benzene rings is 2. The predicted octanol–water partition coefficient (Wildman–Crippen LogP) is 7.00. The molecular formula is C32H37NO7S2. The lowest BCUT2D eigenvalue weighted by Gasteiger charge is -2.40. The zero-order valence-electron chi connectivity index (χ0n) is 24.7. The van der Waals surface area contributed by atoms with Crippen molar-refractivity contribution in [2.24, 2.45) is 5.92 Å². The van der Waals surface area contributed by atoms with Crippen LogP contribution in [0.1, 0.15) is 64.2 Å². The van der Waals surface area contributed by atoms with Crippen LogP contribution < -0.4 is 4.18 Å². The van der Waals surface area contributed by atoms with Gasteiger partial charge in [-0.25, -0.2) is 9.78 Å². The minimum atomic E-state index is -4.16. The number of pyridine rings is 1. The van der Waals surface area contributed by atoms with Crippen molar-refractivity contribution in [3.63, 3.8) is 0 Å². The van der Waals surface area contributed by atoms with Gasteiger partial charge in [-0.1, -0.05) is 64.6 Å². The summed E-state index contributed by atoms with van der Waals surface area (Å²) in [5.74, 6) is -0.350. The van der Waals surface area contributed by atoms with E-state index in [1.165, 1.54) is 12.3 Å². The van der Waals surface area contributed by atoms with E-state index in [-0.39, 0.29) is 39.5 Å². The number of ether oxygens (including phenoxy) is 1. The number of hydrogen-bond acceptors (Lipinski definition) is 9. The third-order valence-corrected chi connectivity index (χ3v) is 9.74. The van der Waals surface area contributed by atoms with Crippen LogP contribution in [-0.2, 0) is 31.5 Å². The Labute approximate surface area is 251 Å². The zero-order valence-corrected chi connectivity index (χ0v) is 26.3. The molecule has 3 aromatic rings. The van der Waals surface area contributed by atoms with E-state index in [1.54, 1.807) is 43.3 Å². The van der Waals surface area contributed by atoms with Gasteiger partial charge in [0, 0.05) is 17.5 Å². The molecule has 0 saturated carbocycles. The summed E-state index contributed by atoms with van der Waals surface area (Å²) >= 11 is 1.11. The Bertz CT molecular complexity index is 1590. The van der Waals surface area contributed by atoms with Crippen molar-refractivity contribution in [2.75, 3.05) is 0 Å². The van der Waals surface area contributed by atoms with Crippen molar-refractivity contribution >= 4 is 27.8 Å². The summed E-state index contributed by atoms with van der Waals surface area (Å²) in [5.41, 5.74) is 0.933. The van der Waals surface area contributed by atoms with Crippen LogP contribution in [-0.4, -0.2) is 35.2 Å². The number of nitrogens with zero attached hydrogens (tertiary/aromatic N) is 1. The SMILES string of the molecule is Cc1cc(SC2=C(O)CC(CCc3ccc(O)cc3)(C(C)C)OC2=O)c(C(C)(C)C)cc1OS(=O)(=O)c1ccccn1. The normalized spacial score (nSPS) is 17.8. The number of esters is 1. The lowest BCUT2D eigenvalue weighted by atomic mass is 9.80. The summed E-state index contributed by atoms with van der Waals surface area (Å²) in [6.07, 6.45) is 2.67.